The van der Waals surface area contributed by atoms with Crippen LogP contribution in [-0.4, -0.2) is 43.9 Å². The Morgan fingerprint density at radius 3 is 2.53 bits per heavy atom. The molecule has 0 aliphatic carbocycles. The van der Waals surface area contributed by atoms with Gasteiger partial charge >= 0.3 is 5.97 Å². The van der Waals surface area contributed by atoms with Crippen molar-refractivity contribution in [2.75, 3.05) is 18.0 Å². The van der Waals surface area contributed by atoms with Crippen molar-refractivity contribution in [1.82, 2.24) is 19.7 Å². The topological polar surface area (TPSA) is 84.1 Å². The van der Waals surface area contributed by atoms with Crippen LogP contribution in [-0.2, 0) is 6.54 Å². The minimum atomic E-state index is -0.976. The molecule has 3 rings (SSSR count). The zero-order chi connectivity index (χ0) is 13.2. The van der Waals surface area contributed by atoms with Crippen molar-refractivity contribution < 1.29 is 9.90 Å². The molecule has 98 valence electrons. The summed E-state index contributed by atoms with van der Waals surface area (Å²) in [5.41, 5.74) is 1.07. The molecule has 0 amide bonds. The fourth-order valence-electron chi connectivity index (χ4n) is 1.86. The standard InChI is InChI=1S/C12H13N5O2/c18-11(19)10-6-15-17(8-10)7-9-4-13-12(14-5-9)16-2-1-3-16/h4-6,8H,1-3,7H2,(H,18,19). The number of hydrogen-bond donors (Lipinski definition) is 1. The van der Waals surface area contributed by atoms with E-state index in [0.29, 0.717) is 6.54 Å². The van der Waals surface area contributed by atoms with E-state index in [-0.39, 0.29) is 5.56 Å². The predicted molar refractivity (Wildman–Crippen MR) is 67.2 cm³/mol. The zero-order valence-electron chi connectivity index (χ0n) is 10.2. The van der Waals surface area contributed by atoms with E-state index in [2.05, 4.69) is 20.0 Å². The van der Waals surface area contributed by atoms with Gasteiger partial charge in [-0.15, -0.1) is 0 Å². The summed E-state index contributed by atoms with van der Waals surface area (Å²) in [6, 6.07) is 0. The molecule has 1 N–H and O–H groups in total. The lowest BCUT2D eigenvalue weighted by Gasteiger charge is -2.30. The van der Waals surface area contributed by atoms with Gasteiger partial charge in [-0.3, -0.25) is 4.68 Å². The van der Waals surface area contributed by atoms with Crippen LogP contribution in [0.5, 0.6) is 0 Å². The number of carboxylic acid groups (broad SMARTS) is 1. The molecule has 0 aromatic carbocycles. The number of aromatic carboxylic acids is 1. The van der Waals surface area contributed by atoms with Crippen LogP contribution in [0.1, 0.15) is 22.3 Å². The minimum absolute atomic E-state index is 0.179. The molecule has 0 atom stereocenters. The highest BCUT2D eigenvalue weighted by atomic mass is 16.4. The maximum absolute atomic E-state index is 10.7. The molecule has 1 fully saturated rings. The smallest absolute Gasteiger partial charge is 0.338 e. The largest absolute Gasteiger partial charge is 0.478 e. The fraction of sp³-hybridized carbons (Fsp3) is 0.333. The first-order chi connectivity index (χ1) is 9.22. The summed E-state index contributed by atoms with van der Waals surface area (Å²) < 4.78 is 1.56. The van der Waals surface area contributed by atoms with Gasteiger partial charge in [-0.1, -0.05) is 0 Å². The molecule has 1 saturated heterocycles. The Labute approximate surface area is 109 Å². The van der Waals surface area contributed by atoms with Crippen molar-refractivity contribution in [3.8, 4) is 0 Å². The lowest BCUT2D eigenvalue weighted by molar-refractivity contribution is 0.0697. The molecule has 2 aromatic rings. The number of rotatable bonds is 4. The molecule has 1 aliphatic rings. The van der Waals surface area contributed by atoms with Gasteiger partial charge in [-0.25, -0.2) is 14.8 Å². The van der Waals surface area contributed by atoms with Crippen molar-refractivity contribution in [1.29, 1.82) is 0 Å². The summed E-state index contributed by atoms with van der Waals surface area (Å²) in [7, 11) is 0. The van der Waals surface area contributed by atoms with Gasteiger partial charge in [0.05, 0.1) is 18.3 Å². The second kappa shape index (κ2) is 4.68. The van der Waals surface area contributed by atoms with Crippen LogP contribution in [0.2, 0.25) is 0 Å². The van der Waals surface area contributed by atoms with Gasteiger partial charge in [0, 0.05) is 37.2 Å². The minimum Gasteiger partial charge on any atom is -0.478 e. The Morgan fingerprint density at radius 1 is 1.26 bits per heavy atom. The normalized spacial score (nSPS) is 14.2. The van der Waals surface area contributed by atoms with Crippen LogP contribution in [0.4, 0.5) is 5.95 Å². The first kappa shape index (κ1) is 11.6. The van der Waals surface area contributed by atoms with Gasteiger partial charge in [0.1, 0.15) is 0 Å². The molecular formula is C12H13N5O2. The van der Waals surface area contributed by atoms with Crippen molar-refractivity contribution in [3.63, 3.8) is 0 Å². The van der Waals surface area contributed by atoms with E-state index in [1.165, 1.54) is 18.8 Å². The van der Waals surface area contributed by atoms with Gasteiger partial charge in [-0.05, 0) is 6.42 Å². The van der Waals surface area contributed by atoms with Crippen LogP contribution >= 0.6 is 0 Å². The van der Waals surface area contributed by atoms with Crippen LogP contribution < -0.4 is 4.90 Å². The molecule has 0 saturated carbocycles. The van der Waals surface area contributed by atoms with Crippen molar-refractivity contribution in [2.45, 2.75) is 13.0 Å². The third kappa shape index (κ3) is 2.40. The Hall–Kier alpha value is -2.44. The van der Waals surface area contributed by atoms with E-state index < -0.39 is 5.97 Å². The van der Waals surface area contributed by atoms with Gasteiger partial charge < -0.3 is 10.0 Å². The number of carboxylic acids is 1. The van der Waals surface area contributed by atoms with Crippen LogP contribution in [0, 0.1) is 0 Å². The fourth-order valence-corrected chi connectivity index (χ4v) is 1.86. The molecule has 1 aliphatic heterocycles. The molecule has 0 radical (unpaired) electrons. The van der Waals surface area contributed by atoms with E-state index >= 15 is 0 Å². The first-order valence-corrected chi connectivity index (χ1v) is 6.04. The van der Waals surface area contributed by atoms with Gasteiger partial charge in [0.2, 0.25) is 5.95 Å². The highest BCUT2D eigenvalue weighted by Gasteiger charge is 2.16. The SMILES string of the molecule is O=C(O)c1cnn(Cc2cnc(N3CCC3)nc2)c1. The second-order valence-electron chi connectivity index (χ2n) is 4.46. The van der Waals surface area contributed by atoms with Crippen LogP contribution in [0.25, 0.3) is 0 Å². The quantitative estimate of drug-likeness (QED) is 0.867. The summed E-state index contributed by atoms with van der Waals surface area (Å²) in [5, 5.41) is 12.8. The Morgan fingerprint density at radius 2 is 2.00 bits per heavy atom. The maximum atomic E-state index is 10.7. The van der Waals surface area contributed by atoms with E-state index in [9.17, 15) is 4.79 Å². The average Bonchev–Trinajstić information content (AvgIpc) is 2.78. The maximum Gasteiger partial charge on any atom is 0.338 e. The molecule has 19 heavy (non-hydrogen) atoms. The Bertz CT molecular complexity index is 588. The van der Waals surface area contributed by atoms with E-state index in [1.807, 2.05) is 0 Å². The lowest BCUT2D eigenvalue weighted by atomic mass is 10.2. The van der Waals surface area contributed by atoms with Crippen LogP contribution in [0.15, 0.2) is 24.8 Å². The Balaban J connectivity index is 1.69. The van der Waals surface area contributed by atoms with Crippen molar-refractivity contribution in [2.24, 2.45) is 0 Å². The van der Waals surface area contributed by atoms with Gasteiger partial charge in [0.15, 0.2) is 0 Å². The third-order valence-corrected chi connectivity index (χ3v) is 3.06. The third-order valence-electron chi connectivity index (χ3n) is 3.06. The zero-order valence-corrected chi connectivity index (χ0v) is 10.2. The molecule has 0 spiro atoms. The highest BCUT2D eigenvalue weighted by molar-refractivity contribution is 5.86. The summed E-state index contributed by atoms with van der Waals surface area (Å²) >= 11 is 0. The molecular weight excluding hydrogens is 246 g/mol. The summed E-state index contributed by atoms with van der Waals surface area (Å²) in [4.78, 5) is 21.4. The van der Waals surface area contributed by atoms with Crippen LogP contribution in [0.3, 0.4) is 0 Å². The van der Waals surface area contributed by atoms with E-state index in [0.717, 1.165) is 24.6 Å². The number of carbonyl (C=O) groups is 1. The van der Waals surface area contributed by atoms with E-state index in [4.69, 9.17) is 5.11 Å². The summed E-state index contributed by atoms with van der Waals surface area (Å²) in [6.45, 7) is 2.49. The predicted octanol–water partition coefficient (Wildman–Crippen LogP) is 0.630. The van der Waals surface area contributed by atoms with Crippen molar-refractivity contribution >= 4 is 11.9 Å². The average molecular weight is 259 g/mol. The first-order valence-electron chi connectivity index (χ1n) is 6.04. The molecule has 7 nitrogen and oxygen atoms in total. The summed E-state index contributed by atoms with van der Waals surface area (Å²) in [5.74, 6) is -0.225. The van der Waals surface area contributed by atoms with E-state index in [1.54, 1.807) is 17.1 Å². The summed E-state index contributed by atoms with van der Waals surface area (Å²) in [6.07, 6.45) is 7.52. The van der Waals surface area contributed by atoms with Gasteiger partial charge in [-0.2, -0.15) is 5.10 Å². The molecule has 0 bridgehead atoms. The number of hydrogen-bond acceptors (Lipinski definition) is 5. The lowest BCUT2D eigenvalue weighted by Crippen LogP contribution is -2.38. The molecule has 7 heteroatoms. The molecule has 2 aromatic heterocycles. The van der Waals surface area contributed by atoms with Gasteiger partial charge in [0.25, 0.3) is 0 Å². The number of anilines is 1. The monoisotopic (exact) mass is 259 g/mol. The molecule has 3 heterocycles. The second-order valence-corrected chi connectivity index (χ2v) is 4.46. The number of aromatic nitrogens is 4. The molecule has 0 unspecified atom stereocenters. The van der Waals surface area contributed by atoms with Crippen molar-refractivity contribution in [3.05, 3.63) is 35.9 Å². The Kier molecular flexibility index (Phi) is 2.86. The number of nitrogens with zero attached hydrogens (tertiary/aromatic N) is 5. The highest BCUT2D eigenvalue weighted by Crippen LogP contribution is 2.14.